The van der Waals surface area contributed by atoms with E-state index in [2.05, 4.69) is 41.0 Å². The van der Waals surface area contributed by atoms with E-state index in [1.807, 2.05) is 18.2 Å². The van der Waals surface area contributed by atoms with Gasteiger partial charge in [0.1, 0.15) is 0 Å². The zero-order valence-electron chi connectivity index (χ0n) is 17.8. The van der Waals surface area contributed by atoms with Crippen molar-refractivity contribution < 1.29 is 14.2 Å². The molecule has 0 spiro atoms. The van der Waals surface area contributed by atoms with Crippen molar-refractivity contribution in [2.75, 3.05) is 57.7 Å². The smallest absolute Gasteiger partial charge is 0.161 e. The SMILES string of the molecule is COc1ccc(CN(CCC(C)N2CCOCC2)c2ccc(N)cc2)cc1OC. The van der Waals surface area contributed by atoms with Crippen LogP contribution in [0.5, 0.6) is 11.5 Å². The van der Waals surface area contributed by atoms with Gasteiger partial charge in [-0.15, -0.1) is 0 Å². The van der Waals surface area contributed by atoms with Gasteiger partial charge < -0.3 is 24.8 Å². The predicted molar refractivity (Wildman–Crippen MR) is 118 cm³/mol. The molecule has 2 N–H and O–H groups in total. The second kappa shape index (κ2) is 10.4. The van der Waals surface area contributed by atoms with Crippen LogP contribution in [0.25, 0.3) is 0 Å². The van der Waals surface area contributed by atoms with E-state index in [1.165, 1.54) is 11.3 Å². The molecule has 0 radical (unpaired) electrons. The van der Waals surface area contributed by atoms with Gasteiger partial charge in [-0.1, -0.05) is 6.07 Å². The van der Waals surface area contributed by atoms with Gasteiger partial charge in [-0.05, 0) is 55.3 Å². The molecule has 1 heterocycles. The first-order valence-corrected chi connectivity index (χ1v) is 10.2. The summed E-state index contributed by atoms with van der Waals surface area (Å²) in [6.07, 6.45) is 1.08. The topological polar surface area (TPSA) is 60.2 Å². The van der Waals surface area contributed by atoms with Crippen LogP contribution in [0.15, 0.2) is 42.5 Å². The number of ether oxygens (including phenoxy) is 3. The van der Waals surface area contributed by atoms with Crippen molar-refractivity contribution >= 4 is 11.4 Å². The zero-order chi connectivity index (χ0) is 20.6. The molecule has 6 heteroatoms. The van der Waals surface area contributed by atoms with E-state index in [0.717, 1.165) is 63.0 Å². The highest BCUT2D eigenvalue weighted by Gasteiger charge is 2.18. The monoisotopic (exact) mass is 399 g/mol. The van der Waals surface area contributed by atoms with E-state index in [-0.39, 0.29) is 0 Å². The van der Waals surface area contributed by atoms with E-state index < -0.39 is 0 Å². The molecular weight excluding hydrogens is 366 g/mol. The van der Waals surface area contributed by atoms with Crippen LogP contribution in [0.4, 0.5) is 11.4 Å². The first kappa shape index (κ1) is 21.3. The molecular formula is C23H33N3O3. The number of nitrogen functional groups attached to an aromatic ring is 1. The maximum absolute atomic E-state index is 5.90. The number of nitrogens with two attached hydrogens (primary N) is 1. The Morgan fingerprint density at radius 2 is 1.72 bits per heavy atom. The highest BCUT2D eigenvalue weighted by molar-refractivity contribution is 5.54. The maximum atomic E-state index is 5.90. The third kappa shape index (κ3) is 5.78. The lowest BCUT2D eigenvalue weighted by atomic mass is 10.1. The fourth-order valence-corrected chi connectivity index (χ4v) is 3.73. The van der Waals surface area contributed by atoms with Gasteiger partial charge in [-0.2, -0.15) is 0 Å². The Morgan fingerprint density at radius 1 is 1.03 bits per heavy atom. The highest BCUT2D eigenvalue weighted by Crippen LogP contribution is 2.29. The van der Waals surface area contributed by atoms with Gasteiger partial charge in [-0.25, -0.2) is 0 Å². The molecule has 0 amide bonds. The molecule has 1 unspecified atom stereocenters. The van der Waals surface area contributed by atoms with Crippen molar-refractivity contribution in [1.82, 2.24) is 4.90 Å². The molecule has 0 aliphatic carbocycles. The summed E-state index contributed by atoms with van der Waals surface area (Å²) < 4.78 is 16.3. The number of hydrogen-bond donors (Lipinski definition) is 1. The standard InChI is InChI=1S/C23H33N3O3/c1-18(25-12-14-29-15-13-25)10-11-26(21-7-5-20(24)6-8-21)17-19-4-9-22(27-2)23(16-19)28-3/h4-9,16,18H,10-15,17,24H2,1-3H3. The summed E-state index contributed by atoms with van der Waals surface area (Å²) in [7, 11) is 3.33. The molecule has 2 aromatic carbocycles. The molecule has 158 valence electrons. The van der Waals surface area contributed by atoms with Gasteiger partial charge in [0.05, 0.1) is 27.4 Å². The number of methoxy groups -OCH3 is 2. The summed E-state index contributed by atoms with van der Waals surface area (Å²) in [5.74, 6) is 1.50. The quantitative estimate of drug-likeness (QED) is 0.652. The van der Waals surface area contributed by atoms with Gasteiger partial charge in [-0.3, -0.25) is 4.90 Å². The molecule has 1 fully saturated rings. The largest absolute Gasteiger partial charge is 0.493 e. The van der Waals surface area contributed by atoms with Crippen LogP contribution in [-0.2, 0) is 11.3 Å². The van der Waals surface area contributed by atoms with Crippen LogP contribution in [0, 0.1) is 0 Å². The van der Waals surface area contributed by atoms with Crippen LogP contribution < -0.4 is 20.1 Å². The fraction of sp³-hybridized carbons (Fsp3) is 0.478. The molecule has 3 rings (SSSR count). The molecule has 1 saturated heterocycles. The summed E-state index contributed by atoms with van der Waals surface area (Å²) in [6.45, 7) is 7.74. The fourth-order valence-electron chi connectivity index (χ4n) is 3.73. The first-order valence-electron chi connectivity index (χ1n) is 10.2. The second-order valence-corrected chi connectivity index (χ2v) is 7.49. The molecule has 2 aromatic rings. The first-order chi connectivity index (χ1) is 14.1. The number of nitrogens with zero attached hydrogens (tertiary/aromatic N) is 2. The van der Waals surface area contributed by atoms with Gasteiger partial charge in [0.2, 0.25) is 0 Å². The third-order valence-electron chi connectivity index (χ3n) is 5.57. The minimum atomic E-state index is 0.514. The Balaban J connectivity index is 1.73. The van der Waals surface area contributed by atoms with Crippen LogP contribution in [0.1, 0.15) is 18.9 Å². The molecule has 1 atom stereocenters. The summed E-state index contributed by atoms with van der Waals surface area (Å²) >= 11 is 0. The zero-order valence-corrected chi connectivity index (χ0v) is 17.8. The van der Waals surface area contributed by atoms with Crippen molar-refractivity contribution in [2.24, 2.45) is 0 Å². The van der Waals surface area contributed by atoms with Gasteiger partial charge in [0, 0.05) is 43.6 Å². The molecule has 6 nitrogen and oxygen atoms in total. The lowest BCUT2D eigenvalue weighted by Gasteiger charge is -2.34. The van der Waals surface area contributed by atoms with Crippen molar-refractivity contribution in [2.45, 2.75) is 25.9 Å². The lowest BCUT2D eigenvalue weighted by molar-refractivity contribution is 0.0190. The lowest BCUT2D eigenvalue weighted by Crippen LogP contribution is -2.43. The molecule has 1 aliphatic heterocycles. The number of benzene rings is 2. The van der Waals surface area contributed by atoms with Crippen LogP contribution in [-0.4, -0.2) is 58.0 Å². The van der Waals surface area contributed by atoms with E-state index in [1.54, 1.807) is 14.2 Å². The molecule has 29 heavy (non-hydrogen) atoms. The van der Waals surface area contributed by atoms with E-state index in [0.29, 0.717) is 6.04 Å². The van der Waals surface area contributed by atoms with E-state index >= 15 is 0 Å². The predicted octanol–water partition coefficient (Wildman–Crippen LogP) is 3.40. The average molecular weight is 400 g/mol. The normalized spacial score (nSPS) is 15.7. The summed E-state index contributed by atoms with van der Waals surface area (Å²) in [5.41, 5.74) is 9.03. The number of morpholine rings is 1. The Bertz CT molecular complexity index is 760. The van der Waals surface area contributed by atoms with Crippen molar-refractivity contribution in [3.63, 3.8) is 0 Å². The van der Waals surface area contributed by atoms with Crippen LogP contribution in [0.3, 0.4) is 0 Å². The van der Waals surface area contributed by atoms with Crippen molar-refractivity contribution in [3.8, 4) is 11.5 Å². The molecule has 0 bridgehead atoms. The second-order valence-electron chi connectivity index (χ2n) is 7.49. The number of hydrogen-bond acceptors (Lipinski definition) is 6. The van der Waals surface area contributed by atoms with E-state index in [9.17, 15) is 0 Å². The van der Waals surface area contributed by atoms with Crippen molar-refractivity contribution in [3.05, 3.63) is 48.0 Å². The summed E-state index contributed by atoms with van der Waals surface area (Å²) in [6, 6.07) is 14.7. The third-order valence-corrected chi connectivity index (χ3v) is 5.57. The Kier molecular flexibility index (Phi) is 7.61. The van der Waals surface area contributed by atoms with Crippen LogP contribution >= 0.6 is 0 Å². The molecule has 0 saturated carbocycles. The Labute approximate surface area is 174 Å². The van der Waals surface area contributed by atoms with Crippen LogP contribution in [0.2, 0.25) is 0 Å². The van der Waals surface area contributed by atoms with E-state index in [4.69, 9.17) is 19.9 Å². The Morgan fingerprint density at radius 3 is 2.38 bits per heavy atom. The van der Waals surface area contributed by atoms with Gasteiger partial charge in [0.25, 0.3) is 0 Å². The average Bonchev–Trinajstić information content (AvgIpc) is 2.77. The van der Waals surface area contributed by atoms with Crippen molar-refractivity contribution in [1.29, 1.82) is 0 Å². The van der Waals surface area contributed by atoms with Gasteiger partial charge >= 0.3 is 0 Å². The Hall–Kier alpha value is -2.44. The minimum Gasteiger partial charge on any atom is -0.493 e. The summed E-state index contributed by atoms with van der Waals surface area (Å²) in [4.78, 5) is 4.92. The molecule has 0 aromatic heterocycles. The molecule has 1 aliphatic rings. The highest BCUT2D eigenvalue weighted by atomic mass is 16.5. The maximum Gasteiger partial charge on any atom is 0.161 e. The van der Waals surface area contributed by atoms with Gasteiger partial charge in [0.15, 0.2) is 11.5 Å². The number of anilines is 2. The minimum absolute atomic E-state index is 0.514. The summed E-state index contributed by atoms with van der Waals surface area (Å²) in [5, 5.41) is 0. The number of rotatable bonds is 9.